The lowest BCUT2D eigenvalue weighted by Gasteiger charge is -2.10. The summed E-state index contributed by atoms with van der Waals surface area (Å²) in [4.78, 5) is 0. The van der Waals surface area contributed by atoms with Crippen LogP contribution in [0.5, 0.6) is 0 Å². The Hall–Kier alpha value is -1.08. The molecule has 1 N–H and O–H groups in total. The van der Waals surface area contributed by atoms with E-state index in [0.29, 0.717) is 5.92 Å². The van der Waals surface area contributed by atoms with Crippen molar-refractivity contribution >= 4 is 0 Å². The summed E-state index contributed by atoms with van der Waals surface area (Å²) in [5.41, 5.74) is 1.35. The van der Waals surface area contributed by atoms with Crippen LogP contribution in [0.15, 0.2) is 43.0 Å². The molecule has 0 spiro atoms. The Morgan fingerprint density at radius 2 is 2.07 bits per heavy atom. The van der Waals surface area contributed by atoms with E-state index in [1.165, 1.54) is 5.56 Å². The van der Waals surface area contributed by atoms with E-state index in [1.54, 1.807) is 0 Å². The number of hydrogen-bond donors (Lipinski definition) is 1. The van der Waals surface area contributed by atoms with Gasteiger partial charge in [-0.1, -0.05) is 43.3 Å². The molecule has 0 saturated heterocycles. The summed E-state index contributed by atoms with van der Waals surface area (Å²) in [7, 11) is 0. The highest BCUT2D eigenvalue weighted by Crippen LogP contribution is 2.01. The first-order chi connectivity index (χ1) is 6.83. The van der Waals surface area contributed by atoms with Crippen LogP contribution in [0.1, 0.15) is 18.9 Å². The number of hydrogen-bond acceptors (Lipinski definition) is 1. The van der Waals surface area contributed by atoms with Crippen LogP contribution >= 0.6 is 0 Å². The van der Waals surface area contributed by atoms with Gasteiger partial charge in [0.1, 0.15) is 0 Å². The molecule has 0 heterocycles. The summed E-state index contributed by atoms with van der Waals surface area (Å²) in [6.45, 7) is 7.99. The van der Waals surface area contributed by atoms with Crippen molar-refractivity contribution in [2.24, 2.45) is 5.92 Å². The van der Waals surface area contributed by atoms with Gasteiger partial charge in [0, 0.05) is 6.54 Å². The molecule has 76 valence electrons. The highest BCUT2D eigenvalue weighted by molar-refractivity contribution is 5.14. The molecule has 0 fully saturated rings. The van der Waals surface area contributed by atoms with Gasteiger partial charge in [-0.2, -0.15) is 0 Å². The Kier molecular flexibility index (Phi) is 5.02. The smallest absolute Gasteiger partial charge is 0.0205 e. The van der Waals surface area contributed by atoms with Gasteiger partial charge in [0.05, 0.1) is 0 Å². The van der Waals surface area contributed by atoms with E-state index < -0.39 is 0 Å². The number of nitrogens with one attached hydrogen (secondary N) is 1. The predicted molar refractivity (Wildman–Crippen MR) is 62.1 cm³/mol. The van der Waals surface area contributed by atoms with E-state index in [1.807, 2.05) is 12.1 Å². The van der Waals surface area contributed by atoms with Gasteiger partial charge in [-0.05, 0) is 24.4 Å². The SMILES string of the molecule is C=CC[C@@H](C)CNCc1ccccc1. The maximum atomic E-state index is 3.74. The fraction of sp³-hybridized carbons (Fsp3) is 0.385. The fourth-order valence-corrected chi connectivity index (χ4v) is 1.43. The molecule has 0 saturated carbocycles. The Morgan fingerprint density at radius 3 is 2.71 bits per heavy atom. The summed E-state index contributed by atoms with van der Waals surface area (Å²) in [5.74, 6) is 0.677. The number of allylic oxidation sites excluding steroid dienone is 1. The molecule has 1 aromatic carbocycles. The van der Waals surface area contributed by atoms with Crippen LogP contribution in [-0.4, -0.2) is 6.54 Å². The van der Waals surface area contributed by atoms with Crippen LogP contribution in [0, 0.1) is 5.92 Å². The third-order valence-corrected chi connectivity index (χ3v) is 2.23. The first-order valence-electron chi connectivity index (χ1n) is 5.18. The first kappa shape index (κ1) is 11.0. The molecule has 0 bridgehead atoms. The maximum absolute atomic E-state index is 3.74. The summed E-state index contributed by atoms with van der Waals surface area (Å²) < 4.78 is 0. The fourth-order valence-electron chi connectivity index (χ4n) is 1.43. The third kappa shape index (κ3) is 4.24. The van der Waals surface area contributed by atoms with Gasteiger partial charge in [-0.3, -0.25) is 0 Å². The van der Waals surface area contributed by atoms with Crippen molar-refractivity contribution in [2.45, 2.75) is 19.9 Å². The molecule has 1 nitrogen and oxygen atoms in total. The average Bonchev–Trinajstić information content (AvgIpc) is 2.20. The average molecular weight is 189 g/mol. The van der Waals surface area contributed by atoms with Gasteiger partial charge < -0.3 is 5.32 Å². The minimum atomic E-state index is 0.677. The zero-order valence-corrected chi connectivity index (χ0v) is 8.87. The van der Waals surface area contributed by atoms with Gasteiger partial charge in [0.2, 0.25) is 0 Å². The normalized spacial score (nSPS) is 12.4. The van der Waals surface area contributed by atoms with Crippen LogP contribution in [0.4, 0.5) is 0 Å². The molecule has 0 amide bonds. The van der Waals surface area contributed by atoms with E-state index in [0.717, 1.165) is 19.5 Å². The molecule has 0 unspecified atom stereocenters. The Bertz CT molecular complexity index is 253. The van der Waals surface area contributed by atoms with Gasteiger partial charge in [-0.25, -0.2) is 0 Å². The van der Waals surface area contributed by atoms with Crippen LogP contribution in [-0.2, 0) is 6.54 Å². The second kappa shape index (κ2) is 6.39. The molecule has 0 aliphatic rings. The van der Waals surface area contributed by atoms with Crippen molar-refractivity contribution in [3.05, 3.63) is 48.6 Å². The lowest BCUT2D eigenvalue weighted by atomic mass is 10.1. The monoisotopic (exact) mass is 189 g/mol. The van der Waals surface area contributed by atoms with Crippen molar-refractivity contribution in [2.75, 3.05) is 6.54 Å². The topological polar surface area (TPSA) is 12.0 Å². The van der Waals surface area contributed by atoms with Crippen molar-refractivity contribution in [3.8, 4) is 0 Å². The third-order valence-electron chi connectivity index (χ3n) is 2.23. The van der Waals surface area contributed by atoms with Crippen molar-refractivity contribution < 1.29 is 0 Å². The zero-order valence-electron chi connectivity index (χ0n) is 8.87. The molecular formula is C13H19N. The Morgan fingerprint density at radius 1 is 1.36 bits per heavy atom. The highest BCUT2D eigenvalue weighted by atomic mass is 14.8. The molecule has 1 aromatic rings. The molecular weight excluding hydrogens is 170 g/mol. The number of rotatable bonds is 6. The van der Waals surface area contributed by atoms with E-state index in [9.17, 15) is 0 Å². The van der Waals surface area contributed by atoms with Crippen LogP contribution in [0.2, 0.25) is 0 Å². The quantitative estimate of drug-likeness (QED) is 0.678. The highest BCUT2D eigenvalue weighted by Gasteiger charge is 1.98. The molecule has 0 radical (unpaired) electrons. The second-order valence-electron chi connectivity index (χ2n) is 3.75. The van der Waals surface area contributed by atoms with E-state index in [-0.39, 0.29) is 0 Å². The summed E-state index contributed by atoms with van der Waals surface area (Å²) in [6.07, 6.45) is 3.07. The van der Waals surface area contributed by atoms with Gasteiger partial charge >= 0.3 is 0 Å². The van der Waals surface area contributed by atoms with Crippen molar-refractivity contribution in [1.29, 1.82) is 0 Å². The van der Waals surface area contributed by atoms with E-state index >= 15 is 0 Å². The van der Waals surface area contributed by atoms with E-state index in [2.05, 4.69) is 43.1 Å². The van der Waals surface area contributed by atoms with Gasteiger partial charge in [-0.15, -0.1) is 6.58 Å². The summed E-state index contributed by atoms with van der Waals surface area (Å²) in [6, 6.07) is 10.5. The summed E-state index contributed by atoms with van der Waals surface area (Å²) in [5, 5.41) is 3.44. The Labute approximate surface area is 86.8 Å². The molecule has 1 atom stereocenters. The van der Waals surface area contributed by atoms with Gasteiger partial charge in [0.25, 0.3) is 0 Å². The Balaban J connectivity index is 2.18. The molecule has 0 aromatic heterocycles. The van der Waals surface area contributed by atoms with Crippen LogP contribution in [0.3, 0.4) is 0 Å². The standard InChI is InChI=1S/C13H19N/c1-3-7-12(2)10-14-11-13-8-5-4-6-9-13/h3-6,8-9,12,14H,1,7,10-11H2,2H3/t12-/m1/s1. The largest absolute Gasteiger partial charge is 0.312 e. The lowest BCUT2D eigenvalue weighted by molar-refractivity contribution is 0.519. The maximum Gasteiger partial charge on any atom is 0.0205 e. The van der Waals surface area contributed by atoms with Crippen LogP contribution in [0.25, 0.3) is 0 Å². The summed E-state index contributed by atoms with van der Waals surface area (Å²) >= 11 is 0. The van der Waals surface area contributed by atoms with Crippen LogP contribution < -0.4 is 5.32 Å². The van der Waals surface area contributed by atoms with Crippen molar-refractivity contribution in [3.63, 3.8) is 0 Å². The molecule has 0 aliphatic heterocycles. The molecule has 1 heteroatoms. The minimum Gasteiger partial charge on any atom is -0.312 e. The first-order valence-corrected chi connectivity index (χ1v) is 5.18. The molecule has 0 aliphatic carbocycles. The van der Waals surface area contributed by atoms with E-state index in [4.69, 9.17) is 0 Å². The molecule has 1 rings (SSSR count). The number of benzene rings is 1. The van der Waals surface area contributed by atoms with Crippen molar-refractivity contribution in [1.82, 2.24) is 5.32 Å². The predicted octanol–water partition coefficient (Wildman–Crippen LogP) is 2.99. The zero-order chi connectivity index (χ0) is 10.2. The second-order valence-corrected chi connectivity index (χ2v) is 3.75. The molecule has 14 heavy (non-hydrogen) atoms. The lowest BCUT2D eigenvalue weighted by Crippen LogP contribution is -2.20. The minimum absolute atomic E-state index is 0.677. The van der Waals surface area contributed by atoms with Gasteiger partial charge in [0.15, 0.2) is 0 Å².